The highest BCUT2D eigenvalue weighted by molar-refractivity contribution is 7.18. The molecule has 0 unspecified atom stereocenters. The van der Waals surface area contributed by atoms with Crippen LogP contribution in [0.3, 0.4) is 0 Å². The van der Waals surface area contributed by atoms with Crippen LogP contribution < -0.4 is 4.90 Å². The number of aryl methyl sites for hydroxylation is 2. The van der Waals surface area contributed by atoms with E-state index in [-0.39, 0.29) is 5.91 Å². The molecule has 2 aliphatic heterocycles. The van der Waals surface area contributed by atoms with Gasteiger partial charge in [0.15, 0.2) is 0 Å². The molecule has 0 aromatic carbocycles. The highest BCUT2D eigenvalue weighted by Crippen LogP contribution is 2.39. The molecule has 0 radical (unpaired) electrons. The molecule has 6 heteroatoms. The molecule has 4 heterocycles. The SMILES string of the molecule is CC(=O)N1CCC[C@H]1[C@H]1CCCN1c1ncnc2sc(C)c(C)c12. The summed E-state index contributed by atoms with van der Waals surface area (Å²) in [7, 11) is 0. The number of amides is 1. The van der Waals surface area contributed by atoms with Gasteiger partial charge in [0, 0.05) is 24.9 Å². The highest BCUT2D eigenvalue weighted by atomic mass is 32.1. The van der Waals surface area contributed by atoms with Gasteiger partial charge in [-0.25, -0.2) is 9.97 Å². The van der Waals surface area contributed by atoms with Gasteiger partial charge in [0.25, 0.3) is 0 Å². The average molecular weight is 344 g/mol. The predicted molar refractivity (Wildman–Crippen MR) is 97.7 cm³/mol. The molecule has 5 nitrogen and oxygen atoms in total. The number of hydrogen-bond acceptors (Lipinski definition) is 5. The molecule has 1 amide bonds. The number of aromatic nitrogens is 2. The van der Waals surface area contributed by atoms with E-state index in [0.717, 1.165) is 43.0 Å². The second-order valence-electron chi connectivity index (χ2n) is 6.99. The molecule has 2 fully saturated rings. The summed E-state index contributed by atoms with van der Waals surface area (Å²) in [6.07, 6.45) is 6.23. The normalized spacial score (nSPS) is 24.3. The van der Waals surface area contributed by atoms with E-state index in [2.05, 4.69) is 33.6 Å². The maximum absolute atomic E-state index is 12.0. The lowest BCUT2D eigenvalue weighted by atomic mass is 10.0. The van der Waals surface area contributed by atoms with Crippen LogP contribution in [0, 0.1) is 13.8 Å². The molecule has 128 valence electrons. The molecule has 24 heavy (non-hydrogen) atoms. The van der Waals surface area contributed by atoms with E-state index in [1.807, 2.05) is 0 Å². The summed E-state index contributed by atoms with van der Waals surface area (Å²) in [5.74, 6) is 1.28. The van der Waals surface area contributed by atoms with Crippen LogP contribution in [0.1, 0.15) is 43.0 Å². The highest BCUT2D eigenvalue weighted by Gasteiger charge is 2.40. The zero-order valence-electron chi connectivity index (χ0n) is 14.6. The van der Waals surface area contributed by atoms with Gasteiger partial charge in [0.1, 0.15) is 17.0 Å². The second kappa shape index (κ2) is 5.99. The smallest absolute Gasteiger partial charge is 0.219 e. The molecule has 2 aromatic rings. The Morgan fingerprint density at radius 3 is 2.71 bits per heavy atom. The van der Waals surface area contributed by atoms with Crippen molar-refractivity contribution in [2.24, 2.45) is 0 Å². The topological polar surface area (TPSA) is 49.3 Å². The van der Waals surface area contributed by atoms with E-state index in [4.69, 9.17) is 0 Å². The van der Waals surface area contributed by atoms with Gasteiger partial charge < -0.3 is 9.80 Å². The summed E-state index contributed by atoms with van der Waals surface area (Å²) in [5, 5.41) is 1.21. The molecule has 0 N–H and O–H groups in total. The lowest BCUT2D eigenvalue weighted by Gasteiger charge is -2.35. The van der Waals surface area contributed by atoms with Crippen LogP contribution in [0.15, 0.2) is 6.33 Å². The van der Waals surface area contributed by atoms with Crippen molar-refractivity contribution < 1.29 is 4.79 Å². The minimum absolute atomic E-state index is 0.208. The summed E-state index contributed by atoms with van der Waals surface area (Å²) < 4.78 is 0. The van der Waals surface area contributed by atoms with Crippen molar-refractivity contribution in [3.05, 3.63) is 16.8 Å². The van der Waals surface area contributed by atoms with Gasteiger partial charge in [0.05, 0.1) is 17.5 Å². The van der Waals surface area contributed by atoms with Gasteiger partial charge in [-0.05, 0) is 45.1 Å². The number of fused-ring (bicyclic) bond motifs is 1. The zero-order valence-corrected chi connectivity index (χ0v) is 15.4. The Morgan fingerprint density at radius 2 is 1.92 bits per heavy atom. The van der Waals surface area contributed by atoms with Crippen molar-refractivity contribution in [2.45, 2.75) is 58.5 Å². The number of rotatable bonds is 2. The molecule has 0 bridgehead atoms. The molecule has 4 rings (SSSR count). The summed E-state index contributed by atoms with van der Waals surface area (Å²) in [5.41, 5.74) is 1.30. The van der Waals surface area contributed by atoms with Crippen molar-refractivity contribution in [1.29, 1.82) is 0 Å². The molecule has 2 aliphatic rings. The minimum Gasteiger partial charge on any atom is -0.351 e. The third-order valence-corrected chi connectivity index (χ3v) is 6.78. The van der Waals surface area contributed by atoms with Crippen molar-refractivity contribution >= 4 is 33.3 Å². The fraction of sp³-hybridized carbons (Fsp3) is 0.611. The zero-order chi connectivity index (χ0) is 16.8. The maximum atomic E-state index is 12.0. The standard InChI is InChI=1S/C18H24N4OS/c1-11-12(2)24-18-16(11)17(19-10-20-18)22-9-5-7-15(22)14-6-4-8-21(14)13(3)23/h10,14-15H,4-9H2,1-3H3/t14-,15+/m0/s1. The van der Waals surface area contributed by atoms with Crippen LogP contribution in [0.2, 0.25) is 0 Å². The molecule has 2 aromatic heterocycles. The van der Waals surface area contributed by atoms with E-state index in [1.54, 1.807) is 24.6 Å². The molecule has 0 saturated carbocycles. The lowest BCUT2D eigenvalue weighted by Crippen LogP contribution is -2.48. The monoisotopic (exact) mass is 344 g/mol. The largest absolute Gasteiger partial charge is 0.351 e. The first-order chi connectivity index (χ1) is 11.6. The Morgan fingerprint density at radius 1 is 1.17 bits per heavy atom. The predicted octanol–water partition coefficient (Wildman–Crippen LogP) is 3.29. The fourth-order valence-electron chi connectivity index (χ4n) is 4.42. The molecule has 2 atom stereocenters. The van der Waals surface area contributed by atoms with Crippen LogP contribution in [0.4, 0.5) is 5.82 Å². The Labute approximate surface area is 146 Å². The summed E-state index contributed by atoms with van der Waals surface area (Å²) in [4.78, 5) is 28.1. The van der Waals surface area contributed by atoms with E-state index in [9.17, 15) is 4.79 Å². The fourth-order valence-corrected chi connectivity index (χ4v) is 5.41. The first-order valence-corrected chi connectivity index (χ1v) is 9.64. The number of anilines is 1. The number of hydrogen-bond donors (Lipinski definition) is 0. The molecule has 2 saturated heterocycles. The van der Waals surface area contributed by atoms with Crippen molar-refractivity contribution in [2.75, 3.05) is 18.0 Å². The molecular weight excluding hydrogens is 320 g/mol. The summed E-state index contributed by atoms with van der Waals surface area (Å²) in [6.45, 7) is 7.95. The Kier molecular flexibility index (Phi) is 3.95. The van der Waals surface area contributed by atoms with Gasteiger partial charge in [-0.2, -0.15) is 0 Å². The van der Waals surface area contributed by atoms with Gasteiger partial charge in [-0.15, -0.1) is 11.3 Å². The number of thiophene rings is 1. The average Bonchev–Trinajstić information content (AvgIpc) is 3.26. The number of nitrogens with zero attached hydrogens (tertiary/aromatic N) is 4. The van der Waals surface area contributed by atoms with E-state index >= 15 is 0 Å². The molecule has 0 spiro atoms. The van der Waals surface area contributed by atoms with Crippen LogP contribution in [0.25, 0.3) is 10.2 Å². The Balaban J connectivity index is 1.75. The van der Waals surface area contributed by atoms with Crippen molar-refractivity contribution in [3.63, 3.8) is 0 Å². The minimum atomic E-state index is 0.208. The second-order valence-corrected chi connectivity index (χ2v) is 8.19. The van der Waals surface area contributed by atoms with Crippen molar-refractivity contribution in [3.8, 4) is 0 Å². The van der Waals surface area contributed by atoms with Gasteiger partial charge in [-0.1, -0.05) is 0 Å². The lowest BCUT2D eigenvalue weighted by molar-refractivity contribution is -0.129. The van der Waals surface area contributed by atoms with E-state index in [1.165, 1.54) is 22.2 Å². The number of carbonyl (C=O) groups is 1. The Bertz CT molecular complexity index is 787. The van der Waals surface area contributed by atoms with Crippen molar-refractivity contribution in [1.82, 2.24) is 14.9 Å². The van der Waals surface area contributed by atoms with Crippen LogP contribution >= 0.6 is 11.3 Å². The summed E-state index contributed by atoms with van der Waals surface area (Å²) >= 11 is 1.75. The maximum Gasteiger partial charge on any atom is 0.219 e. The van der Waals surface area contributed by atoms with Gasteiger partial charge in [0.2, 0.25) is 5.91 Å². The molecule has 0 aliphatic carbocycles. The number of likely N-dealkylation sites (tertiary alicyclic amines) is 1. The summed E-state index contributed by atoms with van der Waals surface area (Å²) in [6, 6.07) is 0.712. The first kappa shape index (κ1) is 15.8. The van der Waals surface area contributed by atoms with Crippen LogP contribution in [0.5, 0.6) is 0 Å². The van der Waals surface area contributed by atoms with Crippen LogP contribution in [-0.4, -0.2) is 45.9 Å². The number of carbonyl (C=O) groups excluding carboxylic acids is 1. The quantitative estimate of drug-likeness (QED) is 0.839. The van der Waals surface area contributed by atoms with Gasteiger partial charge in [-0.3, -0.25) is 4.79 Å². The van der Waals surface area contributed by atoms with Crippen LogP contribution in [-0.2, 0) is 4.79 Å². The first-order valence-electron chi connectivity index (χ1n) is 8.82. The third kappa shape index (κ3) is 2.39. The van der Waals surface area contributed by atoms with E-state index in [0.29, 0.717) is 12.1 Å². The molecular formula is C18H24N4OS. The third-order valence-electron chi connectivity index (χ3n) is 5.66. The van der Waals surface area contributed by atoms with Gasteiger partial charge >= 0.3 is 0 Å². The van der Waals surface area contributed by atoms with E-state index < -0.39 is 0 Å². The Hall–Kier alpha value is -1.69.